The van der Waals surface area contributed by atoms with E-state index in [9.17, 15) is 0 Å². The molecule has 0 unspecified atom stereocenters. The molecule has 0 aliphatic carbocycles. The molecule has 0 radical (unpaired) electrons. The quantitative estimate of drug-likeness (QED) is 0.764. The van der Waals surface area contributed by atoms with Crippen LogP contribution in [0.4, 0.5) is 0 Å². The molecule has 0 atom stereocenters. The standard InChI is InChI=1S/C19H26N2O2/c1-15(2)9-11-23-19-17(7-4-8-18(19)22-3)14-21-13-16-6-5-10-20-12-16/h4-8,10,12,15,21H,9,11,13-14H2,1-3H3. The predicted octanol–water partition coefficient (Wildman–Crippen LogP) is 3.80. The van der Waals surface area contributed by atoms with Crippen molar-refractivity contribution in [3.05, 3.63) is 53.9 Å². The number of nitrogens with zero attached hydrogens (tertiary/aromatic N) is 1. The van der Waals surface area contributed by atoms with Crippen LogP contribution in [-0.2, 0) is 13.1 Å². The first-order valence-corrected chi connectivity index (χ1v) is 8.09. The van der Waals surface area contributed by atoms with E-state index in [4.69, 9.17) is 9.47 Å². The van der Waals surface area contributed by atoms with Gasteiger partial charge in [-0.15, -0.1) is 0 Å². The van der Waals surface area contributed by atoms with Crippen LogP contribution in [0.15, 0.2) is 42.7 Å². The first-order valence-electron chi connectivity index (χ1n) is 8.09. The molecule has 0 aliphatic heterocycles. The topological polar surface area (TPSA) is 43.4 Å². The van der Waals surface area contributed by atoms with E-state index in [1.165, 1.54) is 0 Å². The van der Waals surface area contributed by atoms with Gasteiger partial charge in [0, 0.05) is 31.0 Å². The van der Waals surface area contributed by atoms with E-state index < -0.39 is 0 Å². The van der Waals surface area contributed by atoms with Crippen molar-refractivity contribution in [3.8, 4) is 11.5 Å². The molecule has 1 aromatic heterocycles. The van der Waals surface area contributed by atoms with Gasteiger partial charge in [-0.2, -0.15) is 0 Å². The van der Waals surface area contributed by atoms with Gasteiger partial charge in [-0.05, 0) is 30.0 Å². The summed E-state index contributed by atoms with van der Waals surface area (Å²) in [6, 6.07) is 10.0. The number of para-hydroxylation sites is 1. The number of hydrogen-bond donors (Lipinski definition) is 1. The molecule has 1 N–H and O–H groups in total. The van der Waals surface area contributed by atoms with E-state index >= 15 is 0 Å². The molecule has 0 saturated heterocycles. The SMILES string of the molecule is COc1cccc(CNCc2cccnc2)c1OCCC(C)C. The maximum atomic E-state index is 6.00. The largest absolute Gasteiger partial charge is 0.493 e. The Labute approximate surface area is 138 Å². The summed E-state index contributed by atoms with van der Waals surface area (Å²) >= 11 is 0. The average Bonchev–Trinajstić information content (AvgIpc) is 2.56. The van der Waals surface area contributed by atoms with Crippen LogP contribution in [0.25, 0.3) is 0 Å². The van der Waals surface area contributed by atoms with E-state index in [0.717, 1.165) is 42.1 Å². The minimum atomic E-state index is 0.622. The van der Waals surface area contributed by atoms with Crippen molar-refractivity contribution < 1.29 is 9.47 Å². The summed E-state index contributed by atoms with van der Waals surface area (Å²) in [6.45, 7) is 6.59. The van der Waals surface area contributed by atoms with Crippen LogP contribution < -0.4 is 14.8 Å². The molecule has 0 fully saturated rings. The monoisotopic (exact) mass is 314 g/mol. The third-order valence-corrected chi connectivity index (χ3v) is 3.59. The molecule has 4 nitrogen and oxygen atoms in total. The molecule has 0 spiro atoms. The first kappa shape index (κ1) is 17.3. The van der Waals surface area contributed by atoms with Gasteiger partial charge < -0.3 is 14.8 Å². The molecular weight excluding hydrogens is 288 g/mol. The number of hydrogen-bond acceptors (Lipinski definition) is 4. The molecule has 0 bridgehead atoms. The van der Waals surface area contributed by atoms with Crippen molar-refractivity contribution in [2.45, 2.75) is 33.4 Å². The lowest BCUT2D eigenvalue weighted by Crippen LogP contribution is -2.14. The average molecular weight is 314 g/mol. The molecule has 4 heteroatoms. The molecule has 0 saturated carbocycles. The Hall–Kier alpha value is -2.07. The van der Waals surface area contributed by atoms with Gasteiger partial charge in [0.15, 0.2) is 11.5 Å². The van der Waals surface area contributed by atoms with Crippen LogP contribution in [-0.4, -0.2) is 18.7 Å². The minimum absolute atomic E-state index is 0.622. The van der Waals surface area contributed by atoms with Crippen LogP contribution in [0.5, 0.6) is 11.5 Å². The number of nitrogens with one attached hydrogen (secondary N) is 1. The Morgan fingerprint density at radius 1 is 1.13 bits per heavy atom. The highest BCUT2D eigenvalue weighted by atomic mass is 16.5. The number of rotatable bonds is 9. The second kappa shape index (κ2) is 9.16. The number of methoxy groups -OCH3 is 1. The summed E-state index contributed by atoms with van der Waals surface area (Å²) in [5, 5.41) is 3.43. The molecule has 23 heavy (non-hydrogen) atoms. The first-order chi connectivity index (χ1) is 11.2. The van der Waals surface area contributed by atoms with Gasteiger partial charge in [0.25, 0.3) is 0 Å². The number of benzene rings is 1. The molecule has 2 aromatic rings. The van der Waals surface area contributed by atoms with Gasteiger partial charge >= 0.3 is 0 Å². The molecule has 2 rings (SSSR count). The third kappa shape index (κ3) is 5.57. The predicted molar refractivity (Wildman–Crippen MR) is 92.7 cm³/mol. The molecular formula is C19H26N2O2. The van der Waals surface area contributed by atoms with Crippen LogP contribution in [0.1, 0.15) is 31.4 Å². The van der Waals surface area contributed by atoms with Gasteiger partial charge in [0.05, 0.1) is 13.7 Å². The van der Waals surface area contributed by atoms with Crippen molar-refractivity contribution in [1.82, 2.24) is 10.3 Å². The van der Waals surface area contributed by atoms with Crippen LogP contribution in [0, 0.1) is 5.92 Å². The van der Waals surface area contributed by atoms with Crippen molar-refractivity contribution in [2.24, 2.45) is 5.92 Å². The second-order valence-electron chi connectivity index (χ2n) is 5.94. The van der Waals surface area contributed by atoms with E-state index in [0.29, 0.717) is 12.5 Å². The molecule has 1 heterocycles. The Bertz CT molecular complexity index is 585. The fraction of sp³-hybridized carbons (Fsp3) is 0.421. The number of ether oxygens (including phenoxy) is 2. The summed E-state index contributed by atoms with van der Waals surface area (Å²) in [6.07, 6.45) is 4.69. The van der Waals surface area contributed by atoms with Crippen LogP contribution in [0.3, 0.4) is 0 Å². The Morgan fingerprint density at radius 2 is 2.00 bits per heavy atom. The van der Waals surface area contributed by atoms with Gasteiger partial charge in [0.2, 0.25) is 0 Å². The van der Waals surface area contributed by atoms with Crippen molar-refractivity contribution in [3.63, 3.8) is 0 Å². The highest BCUT2D eigenvalue weighted by Crippen LogP contribution is 2.31. The third-order valence-electron chi connectivity index (χ3n) is 3.59. The fourth-order valence-electron chi connectivity index (χ4n) is 2.27. The minimum Gasteiger partial charge on any atom is -0.493 e. The Morgan fingerprint density at radius 3 is 2.70 bits per heavy atom. The van der Waals surface area contributed by atoms with E-state index in [1.54, 1.807) is 13.3 Å². The summed E-state index contributed by atoms with van der Waals surface area (Å²) in [5.74, 6) is 2.25. The zero-order chi connectivity index (χ0) is 16.5. The van der Waals surface area contributed by atoms with Gasteiger partial charge in [-0.3, -0.25) is 4.98 Å². The smallest absolute Gasteiger partial charge is 0.165 e. The summed E-state index contributed by atoms with van der Waals surface area (Å²) in [5.41, 5.74) is 2.27. The highest BCUT2D eigenvalue weighted by Gasteiger charge is 2.10. The van der Waals surface area contributed by atoms with Crippen molar-refractivity contribution in [2.75, 3.05) is 13.7 Å². The zero-order valence-electron chi connectivity index (χ0n) is 14.2. The molecule has 0 aliphatic rings. The van der Waals surface area contributed by atoms with Crippen molar-refractivity contribution in [1.29, 1.82) is 0 Å². The van der Waals surface area contributed by atoms with Crippen LogP contribution in [0.2, 0.25) is 0 Å². The van der Waals surface area contributed by atoms with E-state index in [2.05, 4.69) is 36.3 Å². The van der Waals surface area contributed by atoms with Gasteiger partial charge in [-0.1, -0.05) is 32.0 Å². The maximum absolute atomic E-state index is 6.00. The maximum Gasteiger partial charge on any atom is 0.165 e. The summed E-state index contributed by atoms with van der Waals surface area (Å²) in [7, 11) is 1.68. The van der Waals surface area contributed by atoms with E-state index in [1.807, 2.05) is 24.4 Å². The lowest BCUT2D eigenvalue weighted by molar-refractivity contribution is 0.269. The normalized spacial score (nSPS) is 10.8. The zero-order valence-corrected chi connectivity index (χ0v) is 14.2. The van der Waals surface area contributed by atoms with Crippen molar-refractivity contribution >= 4 is 0 Å². The second-order valence-corrected chi connectivity index (χ2v) is 5.94. The van der Waals surface area contributed by atoms with Crippen LogP contribution >= 0.6 is 0 Å². The fourth-order valence-corrected chi connectivity index (χ4v) is 2.27. The van der Waals surface area contributed by atoms with Gasteiger partial charge in [0.1, 0.15) is 0 Å². The molecule has 1 aromatic carbocycles. The number of aromatic nitrogens is 1. The highest BCUT2D eigenvalue weighted by molar-refractivity contribution is 5.46. The van der Waals surface area contributed by atoms with E-state index in [-0.39, 0.29) is 0 Å². The molecule has 0 amide bonds. The number of pyridine rings is 1. The lowest BCUT2D eigenvalue weighted by Gasteiger charge is -2.16. The lowest BCUT2D eigenvalue weighted by atomic mass is 10.1. The molecule has 124 valence electrons. The summed E-state index contributed by atoms with van der Waals surface area (Å²) < 4.78 is 11.4. The Kier molecular flexibility index (Phi) is 6.88. The summed E-state index contributed by atoms with van der Waals surface area (Å²) in [4.78, 5) is 4.13. The van der Waals surface area contributed by atoms with Gasteiger partial charge in [-0.25, -0.2) is 0 Å². The Balaban J connectivity index is 1.99.